The molecular formula is C15H28N4O6S. The molecule has 0 saturated heterocycles. The summed E-state index contributed by atoms with van der Waals surface area (Å²) in [6.45, 7) is 4.34. The van der Waals surface area contributed by atoms with Crippen LogP contribution in [0.15, 0.2) is 0 Å². The Morgan fingerprint density at radius 1 is 1.08 bits per heavy atom. The van der Waals surface area contributed by atoms with Crippen molar-refractivity contribution in [2.45, 2.75) is 51.4 Å². The predicted octanol–water partition coefficient (Wildman–Crippen LogP) is -2.16. The maximum absolute atomic E-state index is 12.3. The average molecular weight is 392 g/mol. The van der Waals surface area contributed by atoms with Gasteiger partial charge in [-0.25, -0.2) is 0 Å². The summed E-state index contributed by atoms with van der Waals surface area (Å²) < 4.78 is 0. The van der Waals surface area contributed by atoms with Crippen molar-refractivity contribution in [2.24, 2.45) is 11.7 Å². The molecule has 0 aromatic carbocycles. The smallest absolute Gasteiger partial charge is 0.322 e. The summed E-state index contributed by atoms with van der Waals surface area (Å²) in [5, 5.41) is 25.2. The van der Waals surface area contributed by atoms with E-state index >= 15 is 0 Å². The first-order valence-electron chi connectivity index (χ1n) is 8.19. The number of hydrogen-bond acceptors (Lipinski definition) is 7. The van der Waals surface area contributed by atoms with Crippen LogP contribution < -0.4 is 21.7 Å². The van der Waals surface area contributed by atoms with Gasteiger partial charge in [0.15, 0.2) is 0 Å². The fraction of sp³-hybridized carbons (Fsp3) is 0.733. The Labute approximate surface area is 157 Å². The quantitative estimate of drug-likeness (QED) is 0.196. The number of nitrogens with one attached hydrogen (secondary N) is 3. The van der Waals surface area contributed by atoms with Crippen LogP contribution in [-0.4, -0.2) is 70.4 Å². The van der Waals surface area contributed by atoms with Gasteiger partial charge >= 0.3 is 5.97 Å². The van der Waals surface area contributed by atoms with Crippen molar-refractivity contribution in [2.75, 3.05) is 12.3 Å². The highest BCUT2D eigenvalue weighted by molar-refractivity contribution is 7.80. The lowest BCUT2D eigenvalue weighted by Crippen LogP contribution is -2.60. The molecule has 5 unspecified atom stereocenters. The van der Waals surface area contributed by atoms with Gasteiger partial charge in [-0.1, -0.05) is 20.3 Å². The number of hydrogen-bond donors (Lipinski definition) is 7. The van der Waals surface area contributed by atoms with Gasteiger partial charge in [0.1, 0.15) is 18.6 Å². The van der Waals surface area contributed by atoms with E-state index < -0.39 is 54.5 Å². The lowest BCUT2D eigenvalue weighted by Gasteiger charge is -2.26. The fourth-order valence-electron chi connectivity index (χ4n) is 1.91. The Balaban J connectivity index is 4.97. The number of carboxylic acids is 1. The summed E-state index contributed by atoms with van der Waals surface area (Å²) in [4.78, 5) is 46.8. The third-order valence-corrected chi connectivity index (χ3v) is 4.22. The normalized spacial score (nSPS) is 16.5. The Kier molecular flexibility index (Phi) is 10.9. The highest BCUT2D eigenvalue weighted by Gasteiger charge is 2.31. The van der Waals surface area contributed by atoms with Crippen molar-refractivity contribution in [1.29, 1.82) is 0 Å². The Hall–Kier alpha value is -1.85. The maximum atomic E-state index is 12.3. The van der Waals surface area contributed by atoms with Crippen LogP contribution in [-0.2, 0) is 19.2 Å². The highest BCUT2D eigenvalue weighted by Crippen LogP contribution is 2.06. The van der Waals surface area contributed by atoms with Crippen LogP contribution in [0.4, 0.5) is 0 Å². The maximum Gasteiger partial charge on any atom is 0.322 e. The molecule has 26 heavy (non-hydrogen) atoms. The molecule has 0 heterocycles. The van der Waals surface area contributed by atoms with E-state index in [0.29, 0.717) is 6.42 Å². The topological polar surface area (TPSA) is 171 Å². The van der Waals surface area contributed by atoms with Crippen molar-refractivity contribution in [1.82, 2.24) is 16.0 Å². The lowest BCUT2D eigenvalue weighted by atomic mass is 9.98. The molecule has 7 N–H and O–H groups in total. The fourth-order valence-corrected chi connectivity index (χ4v) is 2.17. The minimum atomic E-state index is -1.33. The molecule has 0 aliphatic rings. The van der Waals surface area contributed by atoms with Gasteiger partial charge in [0.25, 0.3) is 0 Å². The zero-order chi connectivity index (χ0) is 20.4. The zero-order valence-electron chi connectivity index (χ0n) is 15.1. The molecule has 0 rings (SSSR count). The minimum absolute atomic E-state index is 0.107. The summed E-state index contributed by atoms with van der Waals surface area (Å²) in [7, 11) is 0. The van der Waals surface area contributed by atoms with Crippen molar-refractivity contribution in [3.05, 3.63) is 0 Å². The minimum Gasteiger partial charge on any atom is -0.480 e. The lowest BCUT2D eigenvalue weighted by molar-refractivity contribution is -0.138. The van der Waals surface area contributed by atoms with Crippen molar-refractivity contribution in [3.63, 3.8) is 0 Å². The highest BCUT2D eigenvalue weighted by atomic mass is 32.1. The van der Waals surface area contributed by atoms with Crippen molar-refractivity contribution >= 4 is 36.3 Å². The molecule has 0 aromatic rings. The number of rotatable bonds is 11. The molecular weight excluding hydrogens is 364 g/mol. The van der Waals surface area contributed by atoms with Crippen LogP contribution in [0, 0.1) is 5.92 Å². The number of carboxylic acid groups (broad SMARTS) is 1. The summed E-state index contributed by atoms with van der Waals surface area (Å²) in [6, 6.07) is -3.31. The van der Waals surface area contributed by atoms with E-state index in [9.17, 15) is 24.3 Å². The number of thiol groups is 1. The number of aliphatic carboxylic acids is 1. The van der Waals surface area contributed by atoms with Crippen LogP contribution >= 0.6 is 12.6 Å². The molecule has 5 atom stereocenters. The standard InChI is InChI=1S/C15H28N4O6S/c1-4-7(2)11(16)14(24)19-12(8(3)20)15(25)18-9(6-26)13(23)17-5-10(21)22/h7-9,11-12,20,26H,4-6,16H2,1-3H3,(H,17,23)(H,18,25)(H,19,24)(H,21,22). The first-order chi connectivity index (χ1) is 12.0. The largest absolute Gasteiger partial charge is 0.480 e. The van der Waals surface area contributed by atoms with E-state index in [-0.39, 0.29) is 11.7 Å². The van der Waals surface area contributed by atoms with Gasteiger partial charge in [0.2, 0.25) is 17.7 Å². The van der Waals surface area contributed by atoms with E-state index in [1.54, 1.807) is 6.92 Å². The molecule has 0 bridgehead atoms. The monoisotopic (exact) mass is 392 g/mol. The summed E-state index contributed by atoms with van der Waals surface area (Å²) >= 11 is 3.94. The van der Waals surface area contributed by atoms with E-state index in [4.69, 9.17) is 10.8 Å². The van der Waals surface area contributed by atoms with Gasteiger partial charge in [-0.3, -0.25) is 19.2 Å². The van der Waals surface area contributed by atoms with Gasteiger partial charge in [0.05, 0.1) is 12.1 Å². The van der Waals surface area contributed by atoms with Gasteiger partial charge in [-0.15, -0.1) is 0 Å². The molecule has 0 aliphatic carbocycles. The average Bonchev–Trinajstić information content (AvgIpc) is 2.59. The molecule has 150 valence electrons. The summed E-state index contributed by atoms with van der Waals surface area (Å²) in [6.07, 6.45) is -0.586. The Morgan fingerprint density at radius 2 is 1.65 bits per heavy atom. The molecule has 0 aromatic heterocycles. The van der Waals surface area contributed by atoms with Crippen LogP contribution in [0.5, 0.6) is 0 Å². The van der Waals surface area contributed by atoms with Gasteiger partial charge in [-0.2, -0.15) is 12.6 Å². The molecule has 3 amide bonds. The van der Waals surface area contributed by atoms with Crippen LogP contribution in [0.3, 0.4) is 0 Å². The van der Waals surface area contributed by atoms with E-state index in [1.807, 2.05) is 6.92 Å². The number of nitrogens with two attached hydrogens (primary N) is 1. The van der Waals surface area contributed by atoms with Crippen LogP contribution in [0.25, 0.3) is 0 Å². The van der Waals surface area contributed by atoms with Gasteiger partial charge in [0, 0.05) is 5.75 Å². The molecule has 0 radical (unpaired) electrons. The number of carbonyl (C=O) groups excluding carboxylic acids is 3. The second-order valence-electron chi connectivity index (χ2n) is 5.99. The van der Waals surface area contributed by atoms with Crippen molar-refractivity contribution < 1.29 is 29.4 Å². The predicted molar refractivity (Wildman–Crippen MR) is 97.5 cm³/mol. The third kappa shape index (κ3) is 8.02. The molecule has 0 spiro atoms. The molecule has 0 fully saturated rings. The number of amides is 3. The third-order valence-electron chi connectivity index (χ3n) is 3.85. The van der Waals surface area contributed by atoms with Gasteiger partial charge < -0.3 is 31.9 Å². The number of aliphatic hydroxyl groups excluding tert-OH is 1. The van der Waals surface area contributed by atoms with E-state index in [2.05, 4.69) is 28.6 Å². The van der Waals surface area contributed by atoms with Crippen molar-refractivity contribution in [3.8, 4) is 0 Å². The second kappa shape index (κ2) is 11.7. The Morgan fingerprint density at radius 3 is 2.08 bits per heavy atom. The zero-order valence-corrected chi connectivity index (χ0v) is 16.0. The summed E-state index contributed by atoms with van der Waals surface area (Å²) in [5.41, 5.74) is 5.81. The van der Waals surface area contributed by atoms with Gasteiger partial charge in [-0.05, 0) is 12.8 Å². The summed E-state index contributed by atoms with van der Waals surface area (Å²) in [5.74, 6) is -3.63. The van der Waals surface area contributed by atoms with E-state index in [1.165, 1.54) is 6.92 Å². The first-order valence-corrected chi connectivity index (χ1v) is 8.83. The first kappa shape index (κ1) is 24.1. The number of carbonyl (C=O) groups is 4. The molecule has 0 saturated carbocycles. The SMILES string of the molecule is CCC(C)C(N)C(=O)NC(C(=O)NC(CS)C(=O)NCC(=O)O)C(C)O. The molecule has 10 nitrogen and oxygen atoms in total. The number of aliphatic hydroxyl groups is 1. The second-order valence-corrected chi connectivity index (χ2v) is 6.36. The molecule has 0 aliphatic heterocycles. The Bertz CT molecular complexity index is 516. The molecule has 11 heteroatoms. The van der Waals surface area contributed by atoms with E-state index in [0.717, 1.165) is 0 Å². The van der Waals surface area contributed by atoms with Crippen LogP contribution in [0.2, 0.25) is 0 Å². The van der Waals surface area contributed by atoms with Crippen LogP contribution in [0.1, 0.15) is 27.2 Å².